The molecular weight excluding hydrogens is 151 g/mol. The highest BCUT2D eigenvalue weighted by Crippen LogP contribution is 2.68. The zero-order chi connectivity index (χ0) is 7.42. The maximum absolute atomic E-state index is 2.50. The van der Waals surface area contributed by atoms with Gasteiger partial charge in [0.1, 0.15) is 0 Å². The Balaban J connectivity index is 1.90. The minimum absolute atomic E-state index is 0.551. The minimum atomic E-state index is 0.551. The van der Waals surface area contributed by atoms with Gasteiger partial charge in [0.05, 0.1) is 0 Å². The molecule has 2 heterocycles. The Hall–Kier alpha value is 0.430. The summed E-state index contributed by atoms with van der Waals surface area (Å²) in [4.78, 5) is 0. The van der Waals surface area contributed by atoms with E-state index in [1.165, 1.54) is 17.5 Å². The monoisotopic (exact) mass is 168 g/mol. The van der Waals surface area contributed by atoms with Gasteiger partial charge in [0.2, 0.25) is 0 Å². The van der Waals surface area contributed by atoms with E-state index >= 15 is 0 Å². The summed E-state index contributed by atoms with van der Waals surface area (Å²) in [6, 6.07) is 0. The van der Waals surface area contributed by atoms with Crippen molar-refractivity contribution in [2.75, 3.05) is 12.3 Å². The molecule has 0 N–H and O–H groups in total. The molecular formula is C10H17P. The molecule has 62 valence electrons. The van der Waals surface area contributed by atoms with Gasteiger partial charge in [0, 0.05) is 0 Å². The lowest BCUT2D eigenvalue weighted by Crippen LogP contribution is -2.24. The molecule has 3 rings (SSSR count). The first-order chi connectivity index (χ1) is 5.36. The van der Waals surface area contributed by atoms with E-state index in [9.17, 15) is 0 Å². The molecule has 0 aromatic heterocycles. The molecule has 2 bridgehead atoms. The second-order valence-electron chi connectivity index (χ2n) is 4.76. The van der Waals surface area contributed by atoms with Crippen molar-refractivity contribution in [1.82, 2.24) is 0 Å². The SMILES string of the molecule is CC1CP2CC1C1CCCC12. The zero-order valence-electron chi connectivity index (χ0n) is 7.29. The summed E-state index contributed by atoms with van der Waals surface area (Å²) in [5, 5.41) is 0. The lowest BCUT2D eigenvalue weighted by Gasteiger charge is -2.28. The van der Waals surface area contributed by atoms with Gasteiger partial charge in [-0.1, -0.05) is 13.3 Å². The predicted molar refractivity (Wildman–Crippen MR) is 50.4 cm³/mol. The summed E-state index contributed by atoms with van der Waals surface area (Å²) in [7, 11) is 0.551. The average molecular weight is 168 g/mol. The molecule has 1 saturated carbocycles. The quantitative estimate of drug-likeness (QED) is 0.488. The maximum Gasteiger partial charge on any atom is -0.0178 e. The first-order valence-corrected chi connectivity index (χ1v) is 6.88. The van der Waals surface area contributed by atoms with Gasteiger partial charge < -0.3 is 0 Å². The van der Waals surface area contributed by atoms with Crippen LogP contribution in [0.25, 0.3) is 0 Å². The number of hydrogen-bond donors (Lipinski definition) is 0. The molecule has 0 aromatic carbocycles. The molecule has 2 saturated heterocycles. The number of fused-ring (bicyclic) bond motifs is 5. The van der Waals surface area contributed by atoms with Crippen molar-refractivity contribution in [2.24, 2.45) is 17.8 Å². The molecule has 5 unspecified atom stereocenters. The first kappa shape index (κ1) is 6.89. The van der Waals surface area contributed by atoms with Gasteiger partial charge >= 0.3 is 0 Å². The highest BCUT2D eigenvalue weighted by molar-refractivity contribution is 7.59. The van der Waals surface area contributed by atoms with Gasteiger partial charge in [-0.2, -0.15) is 0 Å². The molecule has 0 spiro atoms. The summed E-state index contributed by atoms with van der Waals surface area (Å²) < 4.78 is 0. The Morgan fingerprint density at radius 2 is 2.00 bits per heavy atom. The van der Waals surface area contributed by atoms with Crippen LogP contribution in [0.1, 0.15) is 26.2 Å². The fourth-order valence-electron chi connectivity index (χ4n) is 3.78. The number of rotatable bonds is 0. The molecule has 0 amide bonds. The molecule has 1 heteroatoms. The van der Waals surface area contributed by atoms with Gasteiger partial charge in [-0.05, 0) is 48.6 Å². The summed E-state index contributed by atoms with van der Waals surface area (Å²) in [5.41, 5.74) is 1.26. The summed E-state index contributed by atoms with van der Waals surface area (Å²) in [6.07, 6.45) is 8.09. The van der Waals surface area contributed by atoms with E-state index in [2.05, 4.69) is 6.92 Å². The van der Waals surface area contributed by atoms with Crippen molar-refractivity contribution in [1.29, 1.82) is 0 Å². The van der Waals surface area contributed by atoms with E-state index in [1.807, 2.05) is 0 Å². The lowest BCUT2D eigenvalue weighted by molar-refractivity contribution is 0.311. The smallest absolute Gasteiger partial charge is 0.0178 e. The van der Waals surface area contributed by atoms with Crippen LogP contribution in [-0.2, 0) is 0 Å². The van der Waals surface area contributed by atoms with Gasteiger partial charge in [-0.25, -0.2) is 0 Å². The molecule has 1 aliphatic carbocycles. The van der Waals surface area contributed by atoms with Crippen molar-refractivity contribution >= 4 is 7.92 Å². The Morgan fingerprint density at radius 3 is 2.91 bits per heavy atom. The Morgan fingerprint density at radius 1 is 1.09 bits per heavy atom. The zero-order valence-corrected chi connectivity index (χ0v) is 8.19. The van der Waals surface area contributed by atoms with Gasteiger partial charge in [0.15, 0.2) is 0 Å². The van der Waals surface area contributed by atoms with Crippen LogP contribution >= 0.6 is 7.92 Å². The molecule has 3 aliphatic rings. The van der Waals surface area contributed by atoms with Crippen LogP contribution in [0.15, 0.2) is 0 Å². The molecule has 0 nitrogen and oxygen atoms in total. The highest BCUT2D eigenvalue weighted by Gasteiger charge is 2.51. The summed E-state index contributed by atoms with van der Waals surface area (Å²) in [6.45, 7) is 2.50. The lowest BCUT2D eigenvalue weighted by atomic mass is 9.84. The largest absolute Gasteiger partial charge is 0.103 e. The van der Waals surface area contributed by atoms with E-state index in [0.717, 1.165) is 5.92 Å². The molecule has 11 heavy (non-hydrogen) atoms. The Bertz CT molecular complexity index is 178. The molecule has 5 atom stereocenters. The molecule has 3 fully saturated rings. The van der Waals surface area contributed by atoms with Crippen molar-refractivity contribution in [3.8, 4) is 0 Å². The third-order valence-corrected chi connectivity index (χ3v) is 7.76. The average Bonchev–Trinajstić information content (AvgIpc) is 2.52. The van der Waals surface area contributed by atoms with E-state index in [-0.39, 0.29) is 0 Å². The first-order valence-electron chi connectivity index (χ1n) is 5.10. The van der Waals surface area contributed by atoms with Crippen molar-refractivity contribution in [3.05, 3.63) is 0 Å². The topological polar surface area (TPSA) is 0 Å². The van der Waals surface area contributed by atoms with Gasteiger partial charge in [0.25, 0.3) is 0 Å². The normalized spacial score (nSPS) is 60.3. The van der Waals surface area contributed by atoms with Gasteiger partial charge in [-0.3, -0.25) is 0 Å². The van der Waals surface area contributed by atoms with Crippen LogP contribution in [0.2, 0.25) is 0 Å². The summed E-state index contributed by atoms with van der Waals surface area (Å²) >= 11 is 0. The Kier molecular flexibility index (Phi) is 1.39. The van der Waals surface area contributed by atoms with E-state index < -0.39 is 0 Å². The fourth-order valence-corrected chi connectivity index (χ4v) is 8.11. The van der Waals surface area contributed by atoms with E-state index in [4.69, 9.17) is 0 Å². The van der Waals surface area contributed by atoms with Crippen molar-refractivity contribution < 1.29 is 0 Å². The molecule has 0 aromatic rings. The Labute approximate surface area is 70.5 Å². The fraction of sp³-hybridized carbons (Fsp3) is 1.00. The highest BCUT2D eigenvalue weighted by atomic mass is 31.1. The minimum Gasteiger partial charge on any atom is -0.103 e. The van der Waals surface area contributed by atoms with Crippen LogP contribution in [0.5, 0.6) is 0 Å². The standard InChI is InChI=1S/C10H17P/c1-7-5-11-6-9(7)8-3-2-4-10(8)11/h7-10H,2-6H2,1H3. The second kappa shape index (κ2) is 2.22. The third kappa shape index (κ3) is 0.800. The van der Waals surface area contributed by atoms with Crippen LogP contribution in [0.3, 0.4) is 0 Å². The van der Waals surface area contributed by atoms with Crippen molar-refractivity contribution in [3.63, 3.8) is 0 Å². The molecule has 0 radical (unpaired) electrons. The van der Waals surface area contributed by atoms with Crippen LogP contribution in [-0.4, -0.2) is 18.0 Å². The van der Waals surface area contributed by atoms with Gasteiger partial charge in [-0.15, -0.1) is 7.92 Å². The number of hydrogen-bond acceptors (Lipinski definition) is 0. The van der Waals surface area contributed by atoms with E-state index in [0.29, 0.717) is 7.92 Å². The van der Waals surface area contributed by atoms with E-state index in [1.54, 1.807) is 31.6 Å². The molecule has 2 aliphatic heterocycles. The second-order valence-corrected chi connectivity index (χ2v) is 7.33. The van der Waals surface area contributed by atoms with Crippen LogP contribution in [0.4, 0.5) is 0 Å². The maximum atomic E-state index is 2.50. The van der Waals surface area contributed by atoms with Crippen LogP contribution in [0, 0.1) is 17.8 Å². The third-order valence-electron chi connectivity index (χ3n) is 4.25. The predicted octanol–water partition coefficient (Wildman–Crippen LogP) is 2.92. The summed E-state index contributed by atoms with van der Waals surface area (Å²) in [5.74, 6) is 3.51. The van der Waals surface area contributed by atoms with Crippen LogP contribution < -0.4 is 0 Å². The van der Waals surface area contributed by atoms with Crippen molar-refractivity contribution in [2.45, 2.75) is 31.8 Å².